The molecule has 0 amide bonds. The number of hydrogen-bond acceptors (Lipinski definition) is 3. The maximum Gasteiger partial charge on any atom is 0.341 e. The Balaban J connectivity index is 3.26. The standard InChI is InChI=1S/C7H7Cl3N2O2/c1-3-4(6(13)14-2)5(12-11-3)7(8,9)10/h1-2H3,(H,11,12). The molecule has 1 N–H and O–H groups in total. The van der Waals surface area contributed by atoms with Crippen molar-refractivity contribution < 1.29 is 9.53 Å². The van der Waals surface area contributed by atoms with E-state index in [-0.39, 0.29) is 11.3 Å². The van der Waals surface area contributed by atoms with Crippen LogP contribution in [0.1, 0.15) is 21.7 Å². The summed E-state index contributed by atoms with van der Waals surface area (Å²) in [6, 6.07) is 0. The van der Waals surface area contributed by atoms with Gasteiger partial charge in [0.2, 0.25) is 3.79 Å². The van der Waals surface area contributed by atoms with Gasteiger partial charge in [0.25, 0.3) is 0 Å². The Kier molecular flexibility index (Phi) is 3.29. The molecule has 0 radical (unpaired) electrons. The van der Waals surface area contributed by atoms with Gasteiger partial charge >= 0.3 is 5.97 Å². The number of aryl methyl sites for hydroxylation is 1. The van der Waals surface area contributed by atoms with Crippen molar-refractivity contribution in [2.24, 2.45) is 0 Å². The van der Waals surface area contributed by atoms with Crippen LogP contribution < -0.4 is 0 Å². The van der Waals surface area contributed by atoms with Gasteiger partial charge in [0.1, 0.15) is 11.3 Å². The molecule has 0 fully saturated rings. The molecule has 0 aliphatic carbocycles. The van der Waals surface area contributed by atoms with Gasteiger partial charge in [-0.05, 0) is 6.92 Å². The first-order valence-electron chi connectivity index (χ1n) is 3.58. The lowest BCUT2D eigenvalue weighted by atomic mass is 10.2. The highest BCUT2D eigenvalue weighted by Gasteiger charge is 2.33. The zero-order chi connectivity index (χ0) is 10.9. The molecule has 0 saturated heterocycles. The van der Waals surface area contributed by atoms with Crippen LogP contribution in [0, 0.1) is 6.92 Å². The van der Waals surface area contributed by atoms with Crippen molar-refractivity contribution in [3.05, 3.63) is 17.0 Å². The molecule has 1 heterocycles. The number of alkyl halides is 3. The highest BCUT2D eigenvalue weighted by atomic mass is 35.6. The Morgan fingerprint density at radius 2 is 2.07 bits per heavy atom. The molecule has 0 atom stereocenters. The predicted octanol–water partition coefficient (Wildman–Crippen LogP) is 2.33. The Labute approximate surface area is 95.5 Å². The quantitative estimate of drug-likeness (QED) is 0.620. The van der Waals surface area contributed by atoms with E-state index in [0.717, 1.165) is 0 Å². The molecule has 0 aromatic carbocycles. The van der Waals surface area contributed by atoms with Gasteiger partial charge in [0.05, 0.1) is 7.11 Å². The molecule has 0 saturated carbocycles. The largest absolute Gasteiger partial charge is 0.465 e. The van der Waals surface area contributed by atoms with E-state index in [1.807, 2.05) is 0 Å². The van der Waals surface area contributed by atoms with Crippen LogP contribution in [0.2, 0.25) is 0 Å². The fraction of sp³-hybridized carbons (Fsp3) is 0.429. The van der Waals surface area contributed by atoms with Crippen LogP contribution >= 0.6 is 34.8 Å². The number of ether oxygens (including phenoxy) is 1. The van der Waals surface area contributed by atoms with Crippen molar-refractivity contribution >= 4 is 40.8 Å². The van der Waals surface area contributed by atoms with E-state index in [1.165, 1.54) is 7.11 Å². The first kappa shape index (κ1) is 11.6. The number of halogens is 3. The minimum absolute atomic E-state index is 0.0480. The normalized spacial score (nSPS) is 11.5. The number of carbonyl (C=O) groups excluding carboxylic acids is 1. The van der Waals surface area contributed by atoms with Crippen molar-refractivity contribution in [3.63, 3.8) is 0 Å². The highest BCUT2D eigenvalue weighted by Crippen LogP contribution is 2.39. The van der Waals surface area contributed by atoms with Crippen molar-refractivity contribution in [2.75, 3.05) is 7.11 Å². The molecule has 0 bridgehead atoms. The smallest absolute Gasteiger partial charge is 0.341 e. The van der Waals surface area contributed by atoms with E-state index >= 15 is 0 Å². The lowest BCUT2D eigenvalue weighted by Gasteiger charge is -2.08. The number of carbonyl (C=O) groups is 1. The summed E-state index contributed by atoms with van der Waals surface area (Å²) in [4.78, 5) is 11.3. The summed E-state index contributed by atoms with van der Waals surface area (Å²) in [6.45, 7) is 1.64. The van der Waals surface area contributed by atoms with Gasteiger partial charge in [-0.15, -0.1) is 0 Å². The second kappa shape index (κ2) is 3.96. The van der Waals surface area contributed by atoms with Gasteiger partial charge in [-0.2, -0.15) is 5.10 Å². The van der Waals surface area contributed by atoms with E-state index in [1.54, 1.807) is 6.92 Å². The molecule has 14 heavy (non-hydrogen) atoms. The fourth-order valence-corrected chi connectivity index (χ4v) is 1.40. The number of aromatic nitrogens is 2. The summed E-state index contributed by atoms with van der Waals surface area (Å²) in [5.74, 6) is -0.586. The van der Waals surface area contributed by atoms with Gasteiger partial charge in [-0.1, -0.05) is 34.8 Å². The number of rotatable bonds is 1. The average Bonchev–Trinajstić information content (AvgIpc) is 2.45. The third kappa shape index (κ3) is 2.13. The SMILES string of the molecule is COC(=O)c1c(C(Cl)(Cl)Cl)n[nH]c1C. The minimum Gasteiger partial charge on any atom is -0.465 e. The Hall–Kier alpha value is -0.450. The van der Waals surface area contributed by atoms with Crippen molar-refractivity contribution in [1.82, 2.24) is 10.2 Å². The van der Waals surface area contributed by atoms with Crippen LogP contribution in [0.4, 0.5) is 0 Å². The average molecular weight is 258 g/mol. The molecule has 4 nitrogen and oxygen atoms in total. The molecule has 0 aliphatic heterocycles. The number of nitrogens with one attached hydrogen (secondary N) is 1. The van der Waals surface area contributed by atoms with E-state index < -0.39 is 9.76 Å². The van der Waals surface area contributed by atoms with E-state index in [0.29, 0.717) is 5.69 Å². The third-order valence-electron chi connectivity index (χ3n) is 1.61. The Bertz CT molecular complexity index is 356. The first-order valence-corrected chi connectivity index (χ1v) is 4.71. The monoisotopic (exact) mass is 256 g/mol. The number of methoxy groups -OCH3 is 1. The summed E-state index contributed by atoms with van der Waals surface area (Å²) in [7, 11) is 1.25. The van der Waals surface area contributed by atoms with Crippen LogP contribution in [0.3, 0.4) is 0 Å². The second-order valence-electron chi connectivity index (χ2n) is 2.56. The van der Waals surface area contributed by atoms with Gasteiger partial charge < -0.3 is 4.74 Å². The number of esters is 1. The molecule has 1 aromatic rings. The number of hydrogen-bond donors (Lipinski definition) is 1. The molecular formula is C7H7Cl3N2O2. The van der Waals surface area contributed by atoms with Crippen molar-refractivity contribution in [3.8, 4) is 0 Å². The van der Waals surface area contributed by atoms with Crippen LogP contribution in [0.25, 0.3) is 0 Å². The summed E-state index contributed by atoms with van der Waals surface area (Å²) in [6.07, 6.45) is 0. The molecule has 7 heteroatoms. The van der Waals surface area contributed by atoms with Crippen LogP contribution in [-0.2, 0) is 8.53 Å². The first-order chi connectivity index (χ1) is 6.38. The summed E-state index contributed by atoms with van der Waals surface area (Å²) >= 11 is 16.9. The maximum absolute atomic E-state index is 11.3. The van der Waals surface area contributed by atoms with E-state index in [4.69, 9.17) is 34.8 Å². The molecule has 78 valence electrons. The number of aromatic amines is 1. The number of H-pyrrole nitrogens is 1. The Morgan fingerprint density at radius 1 is 1.50 bits per heavy atom. The van der Waals surface area contributed by atoms with Crippen LogP contribution in [0.15, 0.2) is 0 Å². The zero-order valence-corrected chi connectivity index (χ0v) is 9.67. The van der Waals surface area contributed by atoms with Crippen LogP contribution in [-0.4, -0.2) is 23.3 Å². The second-order valence-corrected chi connectivity index (χ2v) is 4.84. The van der Waals surface area contributed by atoms with Gasteiger partial charge in [0.15, 0.2) is 0 Å². The summed E-state index contributed by atoms with van der Waals surface area (Å²) in [5, 5.41) is 6.29. The summed E-state index contributed by atoms with van der Waals surface area (Å²) in [5.41, 5.74) is 0.706. The van der Waals surface area contributed by atoms with Crippen molar-refractivity contribution in [2.45, 2.75) is 10.7 Å². The maximum atomic E-state index is 11.3. The molecule has 1 rings (SSSR count). The molecule has 0 spiro atoms. The minimum atomic E-state index is -1.74. The van der Waals surface area contributed by atoms with E-state index in [2.05, 4.69) is 14.9 Å². The molecule has 0 aliphatic rings. The van der Waals surface area contributed by atoms with Gasteiger partial charge in [-0.3, -0.25) is 5.10 Å². The lowest BCUT2D eigenvalue weighted by molar-refractivity contribution is 0.0599. The number of nitrogens with zero attached hydrogens (tertiary/aromatic N) is 1. The van der Waals surface area contributed by atoms with Gasteiger partial charge in [-0.25, -0.2) is 4.79 Å². The lowest BCUT2D eigenvalue weighted by Crippen LogP contribution is -2.11. The van der Waals surface area contributed by atoms with Gasteiger partial charge in [0, 0.05) is 5.69 Å². The predicted molar refractivity (Wildman–Crippen MR) is 53.9 cm³/mol. The van der Waals surface area contributed by atoms with Crippen LogP contribution in [0.5, 0.6) is 0 Å². The van der Waals surface area contributed by atoms with Crippen molar-refractivity contribution in [1.29, 1.82) is 0 Å². The molecular weight excluding hydrogens is 250 g/mol. The molecule has 0 unspecified atom stereocenters. The zero-order valence-electron chi connectivity index (χ0n) is 7.40. The topological polar surface area (TPSA) is 55.0 Å². The summed E-state index contributed by atoms with van der Waals surface area (Å²) < 4.78 is 2.79. The fourth-order valence-electron chi connectivity index (χ4n) is 0.986. The third-order valence-corrected chi connectivity index (χ3v) is 2.14. The van der Waals surface area contributed by atoms with E-state index in [9.17, 15) is 4.79 Å². The highest BCUT2D eigenvalue weighted by molar-refractivity contribution is 6.66. The Morgan fingerprint density at radius 3 is 2.50 bits per heavy atom. The molecule has 1 aromatic heterocycles.